The zero-order valence-electron chi connectivity index (χ0n) is 13.0. The molecule has 0 saturated heterocycles. The van der Waals surface area contributed by atoms with Crippen LogP contribution in [0.2, 0.25) is 5.02 Å². The van der Waals surface area contributed by atoms with Gasteiger partial charge in [0.1, 0.15) is 0 Å². The number of fused-ring (bicyclic) bond motifs is 1. The molecule has 0 heterocycles. The molecule has 1 aromatic rings. The van der Waals surface area contributed by atoms with Crippen LogP contribution in [0.15, 0.2) is 18.2 Å². The van der Waals surface area contributed by atoms with Crippen molar-refractivity contribution in [2.24, 2.45) is 11.7 Å². The lowest BCUT2D eigenvalue weighted by atomic mass is 9.82. The third kappa shape index (κ3) is 2.99. The molecular formula is C18H27ClN2. The number of benzene rings is 1. The standard InChI is InChI=1S/C18H27ClN2/c1-2-21(17-6-4-3-5-14(17)12-20)18-10-7-13-11-15(19)8-9-16(13)18/h8-9,11,14,17-18H,2-7,10,12,20H2,1H3. The smallest absolute Gasteiger partial charge is 0.0408 e. The first-order valence-corrected chi connectivity index (χ1v) is 8.86. The van der Waals surface area contributed by atoms with Gasteiger partial charge < -0.3 is 5.73 Å². The highest BCUT2D eigenvalue weighted by atomic mass is 35.5. The second-order valence-corrected chi connectivity index (χ2v) is 7.01. The molecule has 0 amide bonds. The van der Waals surface area contributed by atoms with Crippen LogP contribution in [0.4, 0.5) is 0 Å². The van der Waals surface area contributed by atoms with Crippen molar-refractivity contribution in [3.05, 3.63) is 34.3 Å². The molecule has 1 fully saturated rings. The molecule has 3 heteroatoms. The zero-order valence-corrected chi connectivity index (χ0v) is 13.8. The van der Waals surface area contributed by atoms with E-state index in [9.17, 15) is 0 Å². The average Bonchev–Trinajstić information content (AvgIpc) is 2.91. The fraction of sp³-hybridized carbons (Fsp3) is 0.667. The molecule has 2 aliphatic carbocycles. The normalized spacial score (nSPS) is 28.9. The van der Waals surface area contributed by atoms with E-state index in [0.29, 0.717) is 18.0 Å². The van der Waals surface area contributed by atoms with Crippen molar-refractivity contribution in [2.45, 2.75) is 57.5 Å². The topological polar surface area (TPSA) is 29.3 Å². The van der Waals surface area contributed by atoms with Gasteiger partial charge in [-0.25, -0.2) is 0 Å². The van der Waals surface area contributed by atoms with Crippen LogP contribution in [-0.4, -0.2) is 24.0 Å². The first kappa shape index (κ1) is 15.3. The van der Waals surface area contributed by atoms with E-state index in [-0.39, 0.29) is 0 Å². The zero-order chi connectivity index (χ0) is 14.8. The molecule has 3 rings (SSSR count). The quantitative estimate of drug-likeness (QED) is 0.904. The average molecular weight is 307 g/mol. The second kappa shape index (κ2) is 6.68. The molecule has 1 aromatic carbocycles. The van der Waals surface area contributed by atoms with Crippen LogP contribution in [0, 0.1) is 5.92 Å². The van der Waals surface area contributed by atoms with Gasteiger partial charge >= 0.3 is 0 Å². The van der Waals surface area contributed by atoms with Crippen LogP contribution in [0.1, 0.15) is 56.2 Å². The van der Waals surface area contributed by atoms with E-state index in [0.717, 1.165) is 24.5 Å². The van der Waals surface area contributed by atoms with E-state index in [1.165, 1.54) is 43.2 Å². The van der Waals surface area contributed by atoms with Crippen LogP contribution < -0.4 is 5.73 Å². The summed E-state index contributed by atoms with van der Waals surface area (Å²) in [7, 11) is 0. The molecule has 21 heavy (non-hydrogen) atoms. The largest absolute Gasteiger partial charge is 0.330 e. The predicted molar refractivity (Wildman–Crippen MR) is 89.7 cm³/mol. The van der Waals surface area contributed by atoms with Gasteiger partial charge in [-0.3, -0.25) is 4.90 Å². The summed E-state index contributed by atoms with van der Waals surface area (Å²) in [4.78, 5) is 2.73. The Bertz CT molecular complexity index is 488. The van der Waals surface area contributed by atoms with Gasteiger partial charge in [0.05, 0.1) is 0 Å². The van der Waals surface area contributed by atoms with Gasteiger partial charge in [-0.05, 0) is 68.0 Å². The summed E-state index contributed by atoms with van der Waals surface area (Å²) in [6, 6.07) is 7.69. The van der Waals surface area contributed by atoms with E-state index in [1.807, 2.05) is 6.07 Å². The lowest BCUT2D eigenvalue weighted by Crippen LogP contribution is -2.46. The van der Waals surface area contributed by atoms with Crippen molar-refractivity contribution in [1.82, 2.24) is 4.90 Å². The minimum absolute atomic E-state index is 0.569. The molecule has 2 nitrogen and oxygen atoms in total. The molecule has 2 aliphatic rings. The highest BCUT2D eigenvalue weighted by Crippen LogP contribution is 2.41. The Kier molecular flexibility index (Phi) is 4.88. The fourth-order valence-electron chi connectivity index (χ4n) is 4.49. The molecule has 0 spiro atoms. The van der Waals surface area contributed by atoms with Crippen molar-refractivity contribution < 1.29 is 0 Å². The fourth-order valence-corrected chi connectivity index (χ4v) is 4.69. The van der Waals surface area contributed by atoms with Gasteiger partial charge in [0, 0.05) is 17.1 Å². The van der Waals surface area contributed by atoms with E-state index in [4.69, 9.17) is 17.3 Å². The Labute approximate surface area is 133 Å². The Morgan fingerprint density at radius 2 is 2.05 bits per heavy atom. The number of hydrogen-bond acceptors (Lipinski definition) is 2. The molecule has 3 atom stereocenters. The minimum Gasteiger partial charge on any atom is -0.330 e. The first-order valence-electron chi connectivity index (χ1n) is 8.48. The monoisotopic (exact) mass is 306 g/mol. The summed E-state index contributed by atoms with van der Waals surface area (Å²) in [6.07, 6.45) is 7.73. The third-order valence-corrected chi connectivity index (χ3v) is 5.75. The molecule has 0 bridgehead atoms. The summed E-state index contributed by atoms with van der Waals surface area (Å²) in [6.45, 7) is 4.26. The van der Waals surface area contributed by atoms with Crippen molar-refractivity contribution in [1.29, 1.82) is 0 Å². The molecule has 1 saturated carbocycles. The summed E-state index contributed by atoms with van der Waals surface area (Å²) in [5.41, 5.74) is 9.01. The second-order valence-electron chi connectivity index (χ2n) is 6.58. The maximum Gasteiger partial charge on any atom is 0.0408 e. The minimum atomic E-state index is 0.569. The molecule has 3 unspecified atom stereocenters. The molecule has 116 valence electrons. The SMILES string of the molecule is CCN(C1CCc2cc(Cl)ccc21)C1CCCCC1CN. The molecule has 0 radical (unpaired) electrons. The summed E-state index contributed by atoms with van der Waals surface area (Å²) in [5, 5.41) is 0.870. The Balaban J connectivity index is 1.84. The van der Waals surface area contributed by atoms with Crippen molar-refractivity contribution >= 4 is 11.6 Å². The Morgan fingerprint density at radius 3 is 2.81 bits per heavy atom. The van der Waals surface area contributed by atoms with Crippen LogP contribution >= 0.6 is 11.6 Å². The summed E-state index contributed by atoms with van der Waals surface area (Å²) < 4.78 is 0. The molecule has 0 aliphatic heterocycles. The molecular weight excluding hydrogens is 280 g/mol. The summed E-state index contributed by atoms with van der Waals surface area (Å²) in [5.74, 6) is 0.676. The maximum atomic E-state index is 6.15. The third-order valence-electron chi connectivity index (χ3n) is 5.51. The number of nitrogens with zero attached hydrogens (tertiary/aromatic N) is 1. The van der Waals surface area contributed by atoms with Gasteiger partial charge in [-0.15, -0.1) is 0 Å². The lowest BCUT2D eigenvalue weighted by molar-refractivity contribution is 0.0702. The number of rotatable bonds is 4. The molecule has 2 N–H and O–H groups in total. The van der Waals surface area contributed by atoms with E-state index in [2.05, 4.69) is 24.0 Å². The van der Waals surface area contributed by atoms with E-state index >= 15 is 0 Å². The van der Waals surface area contributed by atoms with Crippen LogP contribution in [0.3, 0.4) is 0 Å². The highest BCUT2D eigenvalue weighted by molar-refractivity contribution is 6.30. The maximum absolute atomic E-state index is 6.15. The van der Waals surface area contributed by atoms with Crippen molar-refractivity contribution in [3.63, 3.8) is 0 Å². The van der Waals surface area contributed by atoms with Crippen molar-refractivity contribution in [3.8, 4) is 0 Å². The van der Waals surface area contributed by atoms with Crippen LogP contribution in [0.5, 0.6) is 0 Å². The first-order chi connectivity index (χ1) is 10.2. The van der Waals surface area contributed by atoms with E-state index < -0.39 is 0 Å². The van der Waals surface area contributed by atoms with Gasteiger partial charge in [-0.1, -0.05) is 37.4 Å². The van der Waals surface area contributed by atoms with Crippen LogP contribution in [0.25, 0.3) is 0 Å². The van der Waals surface area contributed by atoms with Crippen LogP contribution in [-0.2, 0) is 6.42 Å². The number of hydrogen-bond donors (Lipinski definition) is 1. The van der Waals surface area contributed by atoms with E-state index in [1.54, 1.807) is 0 Å². The van der Waals surface area contributed by atoms with Gasteiger partial charge in [0.2, 0.25) is 0 Å². The number of nitrogens with two attached hydrogens (primary N) is 1. The predicted octanol–water partition coefficient (Wildman–Crippen LogP) is 4.17. The van der Waals surface area contributed by atoms with Gasteiger partial charge in [-0.2, -0.15) is 0 Å². The van der Waals surface area contributed by atoms with Crippen molar-refractivity contribution in [2.75, 3.05) is 13.1 Å². The Morgan fingerprint density at radius 1 is 1.24 bits per heavy atom. The highest BCUT2D eigenvalue weighted by Gasteiger charge is 2.35. The lowest BCUT2D eigenvalue weighted by Gasteiger charge is -2.42. The number of halogens is 1. The number of aryl methyl sites for hydroxylation is 1. The Hall–Kier alpha value is -0.570. The van der Waals surface area contributed by atoms with Gasteiger partial charge in [0.25, 0.3) is 0 Å². The summed E-state index contributed by atoms with van der Waals surface area (Å²) >= 11 is 6.15. The molecule has 0 aromatic heterocycles. The van der Waals surface area contributed by atoms with Gasteiger partial charge in [0.15, 0.2) is 0 Å².